The second-order valence-electron chi connectivity index (χ2n) is 7.27. The molecule has 0 saturated carbocycles. The van der Waals surface area contributed by atoms with Crippen molar-refractivity contribution in [3.63, 3.8) is 0 Å². The van der Waals surface area contributed by atoms with Gasteiger partial charge in [0, 0.05) is 9.79 Å². The fourth-order valence-corrected chi connectivity index (χ4v) is 4.63. The zero-order chi connectivity index (χ0) is 21.0. The van der Waals surface area contributed by atoms with Gasteiger partial charge in [-0.2, -0.15) is 0 Å². The Kier molecular flexibility index (Phi) is 6.49. The minimum Gasteiger partial charge on any atom is -0.459 e. The second-order valence-corrected chi connectivity index (χ2v) is 9.44. The first kappa shape index (κ1) is 21.2. The van der Waals surface area contributed by atoms with Crippen LogP contribution in [0.2, 0.25) is 0 Å². The number of amides is 2. The van der Waals surface area contributed by atoms with Crippen LogP contribution in [0.25, 0.3) is 0 Å². The van der Waals surface area contributed by atoms with Crippen LogP contribution in [-0.4, -0.2) is 34.8 Å². The van der Waals surface area contributed by atoms with Gasteiger partial charge in [0.2, 0.25) is 0 Å². The van der Waals surface area contributed by atoms with E-state index in [1.165, 1.54) is 23.5 Å². The molecule has 0 spiro atoms. The normalized spacial score (nSPS) is 14.5. The van der Waals surface area contributed by atoms with E-state index in [-0.39, 0.29) is 0 Å². The molecular formula is C22H21NO4S2. The number of benzene rings is 2. The predicted octanol–water partition coefficient (Wildman–Crippen LogP) is 4.49. The number of rotatable bonds is 6. The summed E-state index contributed by atoms with van der Waals surface area (Å²) in [5.41, 5.74) is -0.695. The third-order valence-corrected chi connectivity index (χ3v) is 6.03. The van der Waals surface area contributed by atoms with E-state index in [9.17, 15) is 14.4 Å². The fraction of sp³-hybridized carbons (Fsp3) is 0.227. The highest BCUT2D eigenvalue weighted by Gasteiger charge is 2.41. The molecule has 0 radical (unpaired) electrons. The minimum atomic E-state index is -0.695. The highest BCUT2D eigenvalue weighted by atomic mass is 32.2. The smallest absolute Gasteiger partial charge is 0.326 e. The summed E-state index contributed by atoms with van der Waals surface area (Å²) in [5, 5.41) is 0. The molecule has 2 aromatic rings. The largest absolute Gasteiger partial charge is 0.459 e. The Morgan fingerprint density at radius 3 is 1.62 bits per heavy atom. The SMILES string of the molecule is CC(C)(C)OC(=O)CN1C(=O)C(Sc2ccccc2)=C(Sc2ccccc2)C1=O. The molecule has 150 valence electrons. The van der Waals surface area contributed by atoms with Gasteiger partial charge in [0.25, 0.3) is 11.8 Å². The summed E-state index contributed by atoms with van der Waals surface area (Å²) >= 11 is 2.46. The summed E-state index contributed by atoms with van der Waals surface area (Å²) in [6.07, 6.45) is 0. The molecule has 1 heterocycles. The quantitative estimate of drug-likeness (QED) is 0.500. The van der Waals surface area contributed by atoms with E-state index < -0.39 is 29.9 Å². The Balaban J connectivity index is 1.88. The van der Waals surface area contributed by atoms with Gasteiger partial charge in [-0.25, -0.2) is 0 Å². The van der Waals surface area contributed by atoms with Crippen LogP contribution in [0, 0.1) is 0 Å². The molecule has 7 heteroatoms. The van der Waals surface area contributed by atoms with Gasteiger partial charge < -0.3 is 4.74 Å². The van der Waals surface area contributed by atoms with Crippen LogP contribution in [-0.2, 0) is 19.1 Å². The third-order valence-electron chi connectivity index (χ3n) is 3.72. The van der Waals surface area contributed by atoms with Crippen molar-refractivity contribution >= 4 is 41.3 Å². The van der Waals surface area contributed by atoms with Crippen LogP contribution < -0.4 is 0 Å². The fourth-order valence-electron chi connectivity index (χ4n) is 2.57. The van der Waals surface area contributed by atoms with Crippen molar-refractivity contribution in [2.45, 2.75) is 36.2 Å². The summed E-state index contributed by atoms with van der Waals surface area (Å²) < 4.78 is 5.29. The molecule has 0 unspecified atom stereocenters. The lowest BCUT2D eigenvalue weighted by Gasteiger charge is -2.21. The van der Waals surface area contributed by atoms with Crippen LogP contribution >= 0.6 is 23.5 Å². The molecule has 0 aromatic heterocycles. The lowest BCUT2D eigenvalue weighted by atomic mass is 10.2. The lowest BCUT2D eigenvalue weighted by molar-refractivity contribution is -0.160. The molecule has 2 amide bonds. The average Bonchev–Trinajstić information content (AvgIpc) is 2.87. The van der Waals surface area contributed by atoms with E-state index in [1.54, 1.807) is 20.8 Å². The maximum absolute atomic E-state index is 13.0. The average molecular weight is 428 g/mol. The Morgan fingerprint density at radius 1 is 0.828 bits per heavy atom. The zero-order valence-corrected chi connectivity index (χ0v) is 18.0. The van der Waals surface area contributed by atoms with Gasteiger partial charge in [-0.1, -0.05) is 59.9 Å². The first-order valence-corrected chi connectivity index (χ1v) is 10.7. The van der Waals surface area contributed by atoms with Crippen LogP contribution in [0.1, 0.15) is 20.8 Å². The maximum Gasteiger partial charge on any atom is 0.326 e. The van der Waals surface area contributed by atoms with Crippen molar-refractivity contribution in [3.05, 3.63) is 70.5 Å². The van der Waals surface area contributed by atoms with Crippen molar-refractivity contribution in [2.24, 2.45) is 0 Å². The van der Waals surface area contributed by atoms with E-state index in [1.807, 2.05) is 60.7 Å². The number of ether oxygens (including phenoxy) is 1. The van der Waals surface area contributed by atoms with E-state index >= 15 is 0 Å². The van der Waals surface area contributed by atoms with Crippen LogP contribution in [0.15, 0.2) is 80.3 Å². The number of hydrogen-bond donors (Lipinski definition) is 0. The number of imide groups is 1. The molecule has 0 aliphatic carbocycles. The van der Waals surface area contributed by atoms with Gasteiger partial charge in [0.1, 0.15) is 12.1 Å². The monoisotopic (exact) mass is 427 g/mol. The third kappa shape index (κ3) is 5.52. The summed E-state index contributed by atoms with van der Waals surface area (Å²) in [5.74, 6) is -1.57. The molecule has 0 N–H and O–H groups in total. The van der Waals surface area contributed by atoms with Crippen molar-refractivity contribution in [1.29, 1.82) is 0 Å². The summed E-state index contributed by atoms with van der Waals surface area (Å²) in [7, 11) is 0. The maximum atomic E-state index is 13.0. The highest BCUT2D eigenvalue weighted by Crippen LogP contribution is 2.42. The standard InChI is InChI=1S/C22H21NO4S2/c1-22(2,3)27-17(24)14-23-20(25)18(28-15-10-6-4-7-11-15)19(21(23)26)29-16-12-8-5-9-13-16/h4-13H,14H2,1-3H3. The molecule has 29 heavy (non-hydrogen) atoms. The van der Waals surface area contributed by atoms with Crippen molar-refractivity contribution in [3.8, 4) is 0 Å². The molecule has 1 aliphatic rings. The number of nitrogens with zero attached hydrogens (tertiary/aromatic N) is 1. The molecule has 0 bridgehead atoms. The van der Waals surface area contributed by atoms with Crippen molar-refractivity contribution in [2.75, 3.05) is 6.54 Å². The summed E-state index contributed by atoms with van der Waals surface area (Å²) in [6, 6.07) is 18.7. The highest BCUT2D eigenvalue weighted by molar-refractivity contribution is 8.08. The molecule has 5 nitrogen and oxygen atoms in total. The number of hydrogen-bond acceptors (Lipinski definition) is 6. The molecular weight excluding hydrogens is 406 g/mol. The summed E-state index contributed by atoms with van der Waals surface area (Å²) in [4.78, 5) is 41.6. The van der Waals surface area contributed by atoms with Gasteiger partial charge in [0.15, 0.2) is 0 Å². The Labute approximate surface area is 178 Å². The number of esters is 1. The molecule has 0 fully saturated rings. The van der Waals surface area contributed by atoms with Crippen LogP contribution in [0.3, 0.4) is 0 Å². The minimum absolute atomic E-state index is 0.318. The van der Waals surface area contributed by atoms with Gasteiger partial charge >= 0.3 is 5.97 Å². The topological polar surface area (TPSA) is 63.7 Å². The lowest BCUT2D eigenvalue weighted by Crippen LogP contribution is -2.39. The Hall–Kier alpha value is -2.51. The number of carbonyl (C=O) groups excluding carboxylic acids is 3. The summed E-state index contributed by atoms with van der Waals surface area (Å²) in [6.45, 7) is 4.81. The van der Waals surface area contributed by atoms with Crippen LogP contribution in [0.5, 0.6) is 0 Å². The second kappa shape index (κ2) is 8.88. The Morgan fingerprint density at radius 2 is 1.24 bits per heavy atom. The van der Waals surface area contributed by atoms with E-state index in [0.29, 0.717) is 9.81 Å². The zero-order valence-electron chi connectivity index (χ0n) is 16.4. The van der Waals surface area contributed by atoms with Crippen LogP contribution in [0.4, 0.5) is 0 Å². The van der Waals surface area contributed by atoms with E-state index in [2.05, 4.69) is 0 Å². The van der Waals surface area contributed by atoms with E-state index in [0.717, 1.165) is 14.7 Å². The first-order valence-electron chi connectivity index (χ1n) is 9.03. The van der Waals surface area contributed by atoms with Crippen molar-refractivity contribution in [1.82, 2.24) is 4.90 Å². The molecule has 0 saturated heterocycles. The number of carbonyl (C=O) groups is 3. The van der Waals surface area contributed by atoms with E-state index in [4.69, 9.17) is 4.74 Å². The number of thioether (sulfide) groups is 2. The molecule has 3 rings (SSSR count). The van der Waals surface area contributed by atoms with Gasteiger partial charge in [-0.05, 0) is 45.0 Å². The predicted molar refractivity (Wildman–Crippen MR) is 114 cm³/mol. The van der Waals surface area contributed by atoms with Gasteiger partial charge in [-0.15, -0.1) is 0 Å². The molecule has 0 atom stereocenters. The van der Waals surface area contributed by atoms with Gasteiger partial charge in [0.05, 0.1) is 9.81 Å². The van der Waals surface area contributed by atoms with Crippen molar-refractivity contribution < 1.29 is 19.1 Å². The molecule has 1 aliphatic heterocycles. The molecule has 2 aromatic carbocycles. The first-order chi connectivity index (χ1) is 13.7. The Bertz CT molecular complexity index is 886. The van der Waals surface area contributed by atoms with Gasteiger partial charge in [-0.3, -0.25) is 19.3 Å².